The van der Waals surface area contributed by atoms with E-state index in [4.69, 9.17) is 10.5 Å². The molecule has 0 bridgehead atoms. The van der Waals surface area contributed by atoms with Gasteiger partial charge < -0.3 is 15.8 Å². The Labute approximate surface area is 115 Å². The summed E-state index contributed by atoms with van der Waals surface area (Å²) in [6.45, 7) is 1.32. The van der Waals surface area contributed by atoms with Crippen LogP contribution in [-0.4, -0.2) is 25.6 Å². The van der Waals surface area contributed by atoms with Crippen molar-refractivity contribution in [2.45, 2.75) is 6.42 Å². The van der Waals surface area contributed by atoms with Crippen LogP contribution in [0.5, 0.6) is 5.75 Å². The molecular formula is C11H16BrClN2O2. The number of hydrogen-bond donors (Lipinski definition) is 2. The van der Waals surface area contributed by atoms with Gasteiger partial charge in [0.25, 0.3) is 0 Å². The van der Waals surface area contributed by atoms with Crippen molar-refractivity contribution in [1.82, 2.24) is 5.32 Å². The van der Waals surface area contributed by atoms with Crippen LogP contribution in [0.3, 0.4) is 0 Å². The van der Waals surface area contributed by atoms with Crippen LogP contribution < -0.4 is 15.8 Å². The third kappa shape index (κ3) is 6.51. The number of nitrogens with two attached hydrogens (primary N) is 1. The molecule has 0 aliphatic rings. The van der Waals surface area contributed by atoms with Crippen LogP contribution in [-0.2, 0) is 4.79 Å². The lowest BCUT2D eigenvalue weighted by Gasteiger charge is -2.07. The minimum absolute atomic E-state index is 0. The number of nitrogens with one attached hydrogen (secondary N) is 1. The van der Waals surface area contributed by atoms with E-state index in [-0.39, 0.29) is 18.3 Å². The molecule has 0 radical (unpaired) electrons. The Morgan fingerprint density at radius 3 is 2.76 bits per heavy atom. The van der Waals surface area contributed by atoms with Gasteiger partial charge in [0.2, 0.25) is 5.91 Å². The first-order valence-corrected chi connectivity index (χ1v) is 5.87. The molecule has 0 aromatic heterocycles. The molecule has 0 aliphatic heterocycles. The van der Waals surface area contributed by atoms with Gasteiger partial charge >= 0.3 is 0 Å². The summed E-state index contributed by atoms with van der Waals surface area (Å²) >= 11 is 3.36. The van der Waals surface area contributed by atoms with E-state index in [9.17, 15) is 4.79 Å². The second-order valence-electron chi connectivity index (χ2n) is 3.17. The lowest BCUT2D eigenvalue weighted by Crippen LogP contribution is -2.29. The molecule has 17 heavy (non-hydrogen) atoms. The maximum absolute atomic E-state index is 11.2. The van der Waals surface area contributed by atoms with Crippen LogP contribution in [0.4, 0.5) is 0 Å². The van der Waals surface area contributed by atoms with Crippen molar-refractivity contribution >= 4 is 34.2 Å². The summed E-state index contributed by atoms with van der Waals surface area (Å²) in [4.78, 5) is 11.2. The van der Waals surface area contributed by atoms with Gasteiger partial charge in [-0.1, -0.05) is 12.1 Å². The molecule has 96 valence electrons. The predicted octanol–water partition coefficient (Wildman–Crippen LogP) is 1.71. The number of carbonyl (C=O) groups is 1. The fraction of sp³-hybridized carbons (Fsp3) is 0.364. The number of hydrogen-bond acceptors (Lipinski definition) is 3. The summed E-state index contributed by atoms with van der Waals surface area (Å²) in [5.41, 5.74) is 5.26. The molecule has 0 fully saturated rings. The third-order valence-electron chi connectivity index (χ3n) is 1.89. The van der Waals surface area contributed by atoms with E-state index in [0.29, 0.717) is 26.1 Å². The first kappa shape index (κ1) is 16.2. The summed E-state index contributed by atoms with van der Waals surface area (Å²) in [5, 5.41) is 2.68. The van der Waals surface area contributed by atoms with Gasteiger partial charge in [-0.2, -0.15) is 0 Å². The van der Waals surface area contributed by atoms with E-state index >= 15 is 0 Å². The Bertz CT molecular complexity index is 350. The molecule has 0 atom stereocenters. The SMILES string of the molecule is Cl.NCCNC(=O)CCOc1ccccc1Br. The molecule has 1 aromatic rings. The maximum atomic E-state index is 11.2. The molecule has 1 aromatic carbocycles. The molecule has 1 rings (SSSR count). The maximum Gasteiger partial charge on any atom is 0.223 e. The Morgan fingerprint density at radius 1 is 1.41 bits per heavy atom. The first-order chi connectivity index (χ1) is 7.74. The van der Waals surface area contributed by atoms with Gasteiger partial charge in [0, 0.05) is 13.1 Å². The molecule has 0 unspecified atom stereocenters. The van der Waals surface area contributed by atoms with Gasteiger partial charge in [0.1, 0.15) is 5.75 Å². The molecule has 6 heteroatoms. The van der Waals surface area contributed by atoms with Crippen molar-refractivity contribution in [2.75, 3.05) is 19.7 Å². The van der Waals surface area contributed by atoms with E-state index in [1.54, 1.807) is 0 Å². The lowest BCUT2D eigenvalue weighted by molar-refractivity contribution is -0.121. The zero-order chi connectivity index (χ0) is 11.8. The number of carbonyl (C=O) groups excluding carboxylic acids is 1. The average Bonchev–Trinajstić information content (AvgIpc) is 2.29. The summed E-state index contributed by atoms with van der Waals surface area (Å²) < 4.78 is 6.33. The van der Waals surface area contributed by atoms with Gasteiger partial charge in [0.15, 0.2) is 0 Å². The zero-order valence-corrected chi connectivity index (χ0v) is 11.7. The standard InChI is InChI=1S/C11H15BrN2O2.ClH/c12-9-3-1-2-4-10(9)16-8-5-11(15)14-7-6-13;/h1-4H,5-8,13H2,(H,14,15);1H. The molecule has 0 aliphatic carbocycles. The number of benzene rings is 1. The van der Waals surface area contributed by atoms with Crippen molar-refractivity contribution in [2.24, 2.45) is 5.73 Å². The lowest BCUT2D eigenvalue weighted by atomic mass is 10.3. The van der Waals surface area contributed by atoms with Crippen molar-refractivity contribution in [3.63, 3.8) is 0 Å². The number of amides is 1. The number of halogens is 2. The molecule has 0 heterocycles. The van der Waals surface area contributed by atoms with Crippen molar-refractivity contribution in [1.29, 1.82) is 0 Å². The molecule has 0 saturated carbocycles. The molecule has 1 amide bonds. The van der Waals surface area contributed by atoms with Crippen LogP contribution in [0.25, 0.3) is 0 Å². The minimum atomic E-state index is -0.0440. The summed E-state index contributed by atoms with van der Waals surface area (Å²) in [6, 6.07) is 7.53. The highest BCUT2D eigenvalue weighted by molar-refractivity contribution is 9.10. The van der Waals surface area contributed by atoms with Crippen molar-refractivity contribution in [3.8, 4) is 5.75 Å². The monoisotopic (exact) mass is 322 g/mol. The highest BCUT2D eigenvalue weighted by Gasteiger charge is 2.02. The Balaban J connectivity index is 0.00000256. The number of ether oxygens (including phenoxy) is 1. The van der Waals surface area contributed by atoms with E-state index in [1.807, 2.05) is 24.3 Å². The molecule has 0 spiro atoms. The van der Waals surface area contributed by atoms with Crippen LogP contribution in [0.1, 0.15) is 6.42 Å². The van der Waals surface area contributed by atoms with Gasteiger partial charge in [-0.15, -0.1) is 12.4 Å². The second-order valence-corrected chi connectivity index (χ2v) is 4.02. The highest BCUT2D eigenvalue weighted by Crippen LogP contribution is 2.23. The second kappa shape index (κ2) is 9.27. The number of rotatable bonds is 6. The van der Waals surface area contributed by atoms with E-state index in [0.717, 1.165) is 10.2 Å². The largest absolute Gasteiger partial charge is 0.492 e. The minimum Gasteiger partial charge on any atom is -0.492 e. The van der Waals surface area contributed by atoms with Gasteiger partial charge in [-0.05, 0) is 28.1 Å². The van der Waals surface area contributed by atoms with Gasteiger partial charge in [-0.3, -0.25) is 4.79 Å². The molecule has 4 nitrogen and oxygen atoms in total. The zero-order valence-electron chi connectivity index (χ0n) is 9.32. The Morgan fingerprint density at radius 2 is 2.12 bits per heavy atom. The van der Waals surface area contributed by atoms with Crippen molar-refractivity contribution in [3.05, 3.63) is 28.7 Å². The normalized spacial score (nSPS) is 9.29. The van der Waals surface area contributed by atoms with Crippen LogP contribution in [0, 0.1) is 0 Å². The van der Waals surface area contributed by atoms with Crippen molar-refractivity contribution < 1.29 is 9.53 Å². The Hall–Kier alpha value is -0.780. The highest BCUT2D eigenvalue weighted by atomic mass is 79.9. The molecule has 0 saturated heterocycles. The number of para-hydroxylation sites is 1. The van der Waals surface area contributed by atoms with Crippen LogP contribution in [0.2, 0.25) is 0 Å². The Kier molecular flexibility index (Phi) is 8.85. The summed E-state index contributed by atoms with van der Waals surface area (Å²) in [5.74, 6) is 0.701. The first-order valence-electron chi connectivity index (χ1n) is 5.08. The molecule has 3 N–H and O–H groups in total. The van der Waals surface area contributed by atoms with Gasteiger partial charge in [-0.25, -0.2) is 0 Å². The van der Waals surface area contributed by atoms with E-state index in [2.05, 4.69) is 21.2 Å². The molecular weight excluding hydrogens is 307 g/mol. The quantitative estimate of drug-likeness (QED) is 0.838. The van der Waals surface area contributed by atoms with E-state index < -0.39 is 0 Å². The topological polar surface area (TPSA) is 64.3 Å². The van der Waals surface area contributed by atoms with Crippen LogP contribution >= 0.6 is 28.3 Å². The van der Waals surface area contributed by atoms with Gasteiger partial charge in [0.05, 0.1) is 17.5 Å². The summed E-state index contributed by atoms with van der Waals surface area (Å²) in [7, 11) is 0. The third-order valence-corrected chi connectivity index (χ3v) is 2.54. The smallest absolute Gasteiger partial charge is 0.223 e. The predicted molar refractivity (Wildman–Crippen MR) is 73.6 cm³/mol. The average molecular weight is 324 g/mol. The summed E-state index contributed by atoms with van der Waals surface area (Å²) in [6.07, 6.45) is 0.335. The van der Waals surface area contributed by atoms with Crippen LogP contribution in [0.15, 0.2) is 28.7 Å². The van der Waals surface area contributed by atoms with E-state index in [1.165, 1.54) is 0 Å². The fourth-order valence-corrected chi connectivity index (χ4v) is 1.51. The fourth-order valence-electron chi connectivity index (χ4n) is 1.12.